The van der Waals surface area contributed by atoms with Crippen LogP contribution in [0.25, 0.3) is 0 Å². The van der Waals surface area contributed by atoms with Gasteiger partial charge in [-0.3, -0.25) is 4.79 Å². The summed E-state index contributed by atoms with van der Waals surface area (Å²) in [6.45, 7) is 0.494. The molecule has 26 heavy (non-hydrogen) atoms. The molecule has 1 aromatic carbocycles. The third-order valence-corrected chi connectivity index (χ3v) is 5.63. The second-order valence-electron chi connectivity index (χ2n) is 7.21. The predicted octanol–water partition coefficient (Wildman–Crippen LogP) is 4.48. The van der Waals surface area contributed by atoms with Crippen molar-refractivity contribution in [3.05, 3.63) is 58.7 Å². The van der Waals surface area contributed by atoms with Crippen molar-refractivity contribution >= 4 is 17.5 Å². The average Bonchev–Trinajstić information content (AvgIpc) is 3.28. The molecule has 5 heteroatoms. The normalized spacial score (nSPS) is 22.2. The lowest BCUT2D eigenvalue weighted by Crippen LogP contribution is -2.25. The molecule has 2 unspecified atom stereocenters. The number of nitrogens with zero attached hydrogens (tertiary/aromatic N) is 1. The number of carbonyl (C=O) groups excluding carboxylic acids is 1. The molecule has 2 aliphatic rings. The van der Waals surface area contributed by atoms with Crippen molar-refractivity contribution in [1.29, 1.82) is 0 Å². The van der Waals surface area contributed by atoms with Crippen LogP contribution < -0.4 is 10.1 Å². The Morgan fingerprint density at radius 2 is 2.04 bits per heavy atom. The summed E-state index contributed by atoms with van der Waals surface area (Å²) in [5.41, 5.74) is 2.08. The lowest BCUT2D eigenvalue weighted by molar-refractivity contribution is -0.122. The minimum Gasteiger partial charge on any atom is -0.474 e. The Balaban J connectivity index is 1.30. The van der Waals surface area contributed by atoms with Crippen LogP contribution in [0.4, 0.5) is 0 Å². The molecular formula is C21H23ClN2O2. The van der Waals surface area contributed by atoms with E-state index in [-0.39, 0.29) is 23.8 Å². The number of nitrogens with one attached hydrogen (secondary N) is 1. The summed E-state index contributed by atoms with van der Waals surface area (Å²) in [4.78, 5) is 16.7. The van der Waals surface area contributed by atoms with Gasteiger partial charge in [0.1, 0.15) is 6.10 Å². The van der Waals surface area contributed by atoms with E-state index in [0.29, 0.717) is 12.4 Å². The maximum absolute atomic E-state index is 12.4. The van der Waals surface area contributed by atoms with Crippen molar-refractivity contribution in [3.63, 3.8) is 0 Å². The van der Waals surface area contributed by atoms with E-state index in [4.69, 9.17) is 16.3 Å². The van der Waals surface area contributed by atoms with Gasteiger partial charge in [0, 0.05) is 29.7 Å². The summed E-state index contributed by atoms with van der Waals surface area (Å²) in [6, 6.07) is 11.6. The number of halogens is 1. The third-order valence-electron chi connectivity index (χ3n) is 5.29. The quantitative estimate of drug-likeness (QED) is 0.815. The number of aromatic nitrogens is 1. The lowest BCUT2D eigenvalue weighted by atomic mass is 10.1. The zero-order valence-corrected chi connectivity index (χ0v) is 15.4. The topological polar surface area (TPSA) is 51.2 Å². The van der Waals surface area contributed by atoms with E-state index in [2.05, 4.69) is 10.3 Å². The molecule has 2 saturated carbocycles. The summed E-state index contributed by atoms with van der Waals surface area (Å²) in [7, 11) is 0. The molecule has 1 amide bonds. The predicted molar refractivity (Wildman–Crippen MR) is 101 cm³/mol. The molecule has 2 fully saturated rings. The number of ether oxygens (including phenoxy) is 1. The largest absolute Gasteiger partial charge is 0.474 e. The highest BCUT2D eigenvalue weighted by Crippen LogP contribution is 2.49. The van der Waals surface area contributed by atoms with Gasteiger partial charge in [0.25, 0.3) is 0 Å². The van der Waals surface area contributed by atoms with Gasteiger partial charge in [-0.25, -0.2) is 4.98 Å². The number of hydrogen-bond acceptors (Lipinski definition) is 3. The summed E-state index contributed by atoms with van der Waals surface area (Å²) in [6.07, 6.45) is 7.57. The van der Waals surface area contributed by atoms with Crippen molar-refractivity contribution in [2.24, 2.45) is 5.92 Å². The lowest BCUT2D eigenvalue weighted by Gasteiger charge is -2.13. The highest BCUT2D eigenvalue weighted by atomic mass is 35.5. The number of pyridine rings is 1. The fraction of sp³-hybridized carbons (Fsp3) is 0.429. The van der Waals surface area contributed by atoms with Crippen LogP contribution in [0.5, 0.6) is 5.88 Å². The zero-order chi connectivity index (χ0) is 17.9. The average molecular weight is 371 g/mol. The molecule has 2 atom stereocenters. The number of hydrogen-bond donors (Lipinski definition) is 1. The molecule has 136 valence electrons. The van der Waals surface area contributed by atoms with Gasteiger partial charge in [-0.2, -0.15) is 0 Å². The molecule has 2 aromatic rings. The Bertz CT molecular complexity index is 789. The first-order valence-corrected chi connectivity index (χ1v) is 9.72. The summed E-state index contributed by atoms with van der Waals surface area (Å²) >= 11 is 6.24. The van der Waals surface area contributed by atoms with Crippen LogP contribution in [-0.2, 0) is 11.3 Å². The van der Waals surface area contributed by atoms with Gasteiger partial charge >= 0.3 is 0 Å². The molecular weight excluding hydrogens is 348 g/mol. The highest BCUT2D eigenvalue weighted by molar-refractivity contribution is 6.31. The van der Waals surface area contributed by atoms with Crippen LogP contribution >= 0.6 is 11.6 Å². The Morgan fingerprint density at radius 3 is 2.85 bits per heavy atom. The standard InChI is InChI=1S/C21H23ClN2O2/c22-19-8-4-3-7-16(19)17-12-18(17)21(25)24-13-14-9-10-23-20(11-14)26-15-5-1-2-6-15/h3-4,7-11,15,17-18H,1-2,5-6,12-13H2,(H,24,25). The van der Waals surface area contributed by atoms with E-state index in [9.17, 15) is 4.79 Å². The molecule has 0 aliphatic heterocycles. The first-order chi connectivity index (χ1) is 12.7. The minimum absolute atomic E-state index is 0.0194. The van der Waals surface area contributed by atoms with Crippen molar-refractivity contribution in [2.45, 2.75) is 50.7 Å². The monoisotopic (exact) mass is 370 g/mol. The third kappa shape index (κ3) is 4.01. The van der Waals surface area contributed by atoms with Crippen LogP contribution in [0.1, 0.15) is 49.1 Å². The van der Waals surface area contributed by atoms with Gasteiger partial charge < -0.3 is 10.1 Å². The van der Waals surface area contributed by atoms with Crippen LogP contribution in [-0.4, -0.2) is 17.0 Å². The van der Waals surface area contributed by atoms with Gasteiger partial charge in [0.2, 0.25) is 11.8 Å². The van der Waals surface area contributed by atoms with Crippen molar-refractivity contribution < 1.29 is 9.53 Å². The first-order valence-electron chi connectivity index (χ1n) is 9.34. The molecule has 4 nitrogen and oxygen atoms in total. The molecule has 0 saturated heterocycles. The van der Waals surface area contributed by atoms with Crippen molar-refractivity contribution in [1.82, 2.24) is 10.3 Å². The van der Waals surface area contributed by atoms with E-state index in [1.807, 2.05) is 36.4 Å². The van der Waals surface area contributed by atoms with E-state index in [1.165, 1.54) is 12.8 Å². The van der Waals surface area contributed by atoms with Crippen LogP contribution in [0.2, 0.25) is 5.02 Å². The van der Waals surface area contributed by atoms with Crippen molar-refractivity contribution in [3.8, 4) is 5.88 Å². The summed E-state index contributed by atoms with van der Waals surface area (Å²) in [5.74, 6) is 1.00. The fourth-order valence-corrected chi connectivity index (χ4v) is 4.00. The van der Waals surface area contributed by atoms with Crippen molar-refractivity contribution in [2.75, 3.05) is 0 Å². The second kappa shape index (κ2) is 7.67. The molecule has 0 spiro atoms. The van der Waals surface area contributed by atoms with E-state index in [1.54, 1.807) is 6.20 Å². The van der Waals surface area contributed by atoms with Crippen LogP contribution in [0, 0.1) is 5.92 Å². The van der Waals surface area contributed by atoms with E-state index in [0.717, 1.165) is 35.4 Å². The SMILES string of the molecule is O=C(NCc1ccnc(OC2CCCC2)c1)C1CC1c1ccccc1Cl. The molecule has 2 aliphatic carbocycles. The Hall–Kier alpha value is -2.07. The van der Waals surface area contributed by atoms with Crippen LogP contribution in [0.15, 0.2) is 42.6 Å². The number of rotatable bonds is 6. The van der Waals surface area contributed by atoms with Gasteiger partial charge in [-0.15, -0.1) is 0 Å². The molecule has 1 aromatic heterocycles. The van der Waals surface area contributed by atoms with Gasteiger partial charge in [0.05, 0.1) is 0 Å². The summed E-state index contributed by atoms with van der Waals surface area (Å²) < 4.78 is 5.93. The summed E-state index contributed by atoms with van der Waals surface area (Å²) in [5, 5.41) is 3.78. The van der Waals surface area contributed by atoms with Gasteiger partial charge in [-0.1, -0.05) is 29.8 Å². The number of benzene rings is 1. The smallest absolute Gasteiger partial charge is 0.224 e. The van der Waals surface area contributed by atoms with Gasteiger partial charge in [-0.05, 0) is 61.3 Å². The Morgan fingerprint density at radius 1 is 1.23 bits per heavy atom. The van der Waals surface area contributed by atoms with E-state index < -0.39 is 0 Å². The minimum atomic E-state index is 0.0194. The number of carbonyl (C=O) groups is 1. The molecule has 0 bridgehead atoms. The van der Waals surface area contributed by atoms with Crippen LogP contribution in [0.3, 0.4) is 0 Å². The Kier molecular flexibility index (Phi) is 5.11. The fourth-order valence-electron chi connectivity index (χ4n) is 3.73. The molecule has 4 rings (SSSR count). The second-order valence-corrected chi connectivity index (χ2v) is 7.62. The Labute approximate surface area is 158 Å². The number of amides is 1. The maximum atomic E-state index is 12.4. The first kappa shape index (κ1) is 17.3. The zero-order valence-electron chi connectivity index (χ0n) is 14.7. The molecule has 1 N–H and O–H groups in total. The van der Waals surface area contributed by atoms with E-state index >= 15 is 0 Å². The van der Waals surface area contributed by atoms with Gasteiger partial charge in [0.15, 0.2) is 0 Å². The molecule has 1 heterocycles. The highest BCUT2D eigenvalue weighted by Gasteiger charge is 2.44. The molecule has 0 radical (unpaired) electrons. The maximum Gasteiger partial charge on any atom is 0.224 e.